The number of aromatic nitrogens is 1. The van der Waals surface area contributed by atoms with Crippen LogP contribution in [0.25, 0.3) is 22.2 Å². The lowest BCUT2D eigenvalue weighted by atomic mass is 10.0. The van der Waals surface area contributed by atoms with Crippen LogP contribution in [0.4, 0.5) is 0 Å². The molecule has 0 radical (unpaired) electrons. The lowest BCUT2D eigenvalue weighted by molar-refractivity contribution is 1.07. The fraction of sp³-hybridized carbons (Fsp3) is 0.0625. The first-order valence-electron chi connectivity index (χ1n) is 6.13. The van der Waals surface area contributed by atoms with E-state index in [-0.39, 0.29) is 0 Å². The van der Waals surface area contributed by atoms with E-state index in [1.807, 2.05) is 48.5 Å². The fourth-order valence-corrected chi connectivity index (χ4v) is 2.28. The minimum Gasteiger partial charge on any atom is -0.353 e. The summed E-state index contributed by atoms with van der Waals surface area (Å²) in [5, 5.41) is 10.3. The van der Waals surface area contributed by atoms with Crippen molar-refractivity contribution in [3.63, 3.8) is 0 Å². The Morgan fingerprint density at radius 2 is 1.79 bits per heavy atom. The molecule has 3 N–H and O–H groups in total. The van der Waals surface area contributed by atoms with Crippen LogP contribution in [-0.2, 0) is 6.54 Å². The predicted octanol–water partition coefficient (Wildman–Crippen LogP) is 3.17. The second-order valence-corrected chi connectivity index (χ2v) is 4.43. The van der Waals surface area contributed by atoms with E-state index in [1.54, 1.807) is 0 Å². The number of nitriles is 1. The smallest absolute Gasteiger partial charge is 0.102 e. The van der Waals surface area contributed by atoms with Gasteiger partial charge in [0.05, 0.1) is 11.3 Å². The Hall–Kier alpha value is -2.57. The molecular formula is C16H13N3. The zero-order chi connectivity index (χ0) is 13.2. The van der Waals surface area contributed by atoms with Gasteiger partial charge in [0, 0.05) is 17.4 Å². The molecule has 3 heteroatoms. The average Bonchev–Trinajstić information content (AvgIpc) is 2.85. The summed E-state index contributed by atoms with van der Waals surface area (Å²) in [6.07, 6.45) is 0. The maximum atomic E-state index is 9.38. The monoisotopic (exact) mass is 247 g/mol. The van der Waals surface area contributed by atoms with Crippen molar-refractivity contribution in [2.75, 3.05) is 0 Å². The number of rotatable bonds is 2. The summed E-state index contributed by atoms with van der Waals surface area (Å²) in [4.78, 5) is 3.32. The van der Waals surface area contributed by atoms with Crippen LogP contribution in [0.3, 0.4) is 0 Å². The van der Waals surface area contributed by atoms with Crippen molar-refractivity contribution in [3.8, 4) is 17.3 Å². The zero-order valence-corrected chi connectivity index (χ0v) is 10.4. The van der Waals surface area contributed by atoms with Gasteiger partial charge in [-0.05, 0) is 17.2 Å². The lowest BCUT2D eigenvalue weighted by Gasteiger charge is -2.01. The minimum absolute atomic E-state index is 0.526. The SMILES string of the molecule is N#Cc1c(-c2ccc(CN)cc2)[nH]c2ccccc12. The second kappa shape index (κ2) is 4.60. The van der Waals surface area contributed by atoms with Crippen LogP contribution in [0.15, 0.2) is 48.5 Å². The summed E-state index contributed by atoms with van der Waals surface area (Å²) in [6, 6.07) is 18.1. The average molecular weight is 247 g/mol. The van der Waals surface area contributed by atoms with Crippen LogP contribution in [0.2, 0.25) is 0 Å². The van der Waals surface area contributed by atoms with Crippen LogP contribution in [0, 0.1) is 11.3 Å². The van der Waals surface area contributed by atoms with Gasteiger partial charge in [-0.15, -0.1) is 0 Å². The Labute approximate surface area is 111 Å². The number of nitrogens with two attached hydrogens (primary N) is 1. The molecule has 3 rings (SSSR count). The van der Waals surface area contributed by atoms with Gasteiger partial charge in [-0.2, -0.15) is 5.26 Å². The molecule has 1 aromatic heterocycles. The molecule has 0 fully saturated rings. The maximum Gasteiger partial charge on any atom is 0.102 e. The van der Waals surface area contributed by atoms with E-state index in [2.05, 4.69) is 11.1 Å². The molecule has 0 aliphatic carbocycles. The van der Waals surface area contributed by atoms with E-state index in [9.17, 15) is 5.26 Å². The molecule has 3 nitrogen and oxygen atoms in total. The summed E-state index contributed by atoms with van der Waals surface area (Å²) in [6.45, 7) is 0.526. The van der Waals surface area contributed by atoms with E-state index in [1.165, 1.54) is 0 Å². The first kappa shape index (κ1) is 11.5. The van der Waals surface area contributed by atoms with E-state index in [0.29, 0.717) is 12.1 Å². The Bertz CT molecular complexity index is 761. The highest BCUT2D eigenvalue weighted by molar-refractivity contribution is 5.93. The number of fused-ring (bicyclic) bond motifs is 1. The number of nitrogens with zero attached hydrogens (tertiary/aromatic N) is 1. The van der Waals surface area contributed by atoms with Gasteiger partial charge in [0.25, 0.3) is 0 Å². The molecule has 0 atom stereocenters. The Balaban J connectivity index is 2.21. The molecule has 2 aromatic carbocycles. The third-order valence-corrected chi connectivity index (χ3v) is 3.30. The van der Waals surface area contributed by atoms with Gasteiger partial charge in [-0.25, -0.2) is 0 Å². The first-order valence-corrected chi connectivity index (χ1v) is 6.13. The molecular weight excluding hydrogens is 234 g/mol. The zero-order valence-electron chi connectivity index (χ0n) is 10.4. The predicted molar refractivity (Wildman–Crippen MR) is 76.3 cm³/mol. The summed E-state index contributed by atoms with van der Waals surface area (Å²) < 4.78 is 0. The molecule has 0 unspecified atom stereocenters. The fourth-order valence-electron chi connectivity index (χ4n) is 2.28. The lowest BCUT2D eigenvalue weighted by Crippen LogP contribution is -1.95. The van der Waals surface area contributed by atoms with Gasteiger partial charge in [0.1, 0.15) is 6.07 Å². The van der Waals surface area contributed by atoms with Crippen LogP contribution < -0.4 is 5.73 Å². The van der Waals surface area contributed by atoms with Crippen molar-refractivity contribution in [2.45, 2.75) is 6.54 Å². The highest BCUT2D eigenvalue weighted by Crippen LogP contribution is 2.29. The molecule has 0 amide bonds. The quantitative estimate of drug-likeness (QED) is 0.730. The number of nitrogens with one attached hydrogen (secondary N) is 1. The van der Waals surface area contributed by atoms with Gasteiger partial charge in [-0.3, -0.25) is 0 Å². The highest BCUT2D eigenvalue weighted by atomic mass is 14.7. The van der Waals surface area contributed by atoms with Crippen molar-refractivity contribution >= 4 is 10.9 Å². The van der Waals surface area contributed by atoms with Gasteiger partial charge in [-0.1, -0.05) is 42.5 Å². The van der Waals surface area contributed by atoms with Crippen molar-refractivity contribution in [1.82, 2.24) is 4.98 Å². The third kappa shape index (κ3) is 1.88. The molecule has 0 aliphatic heterocycles. The number of aromatic amines is 1. The number of para-hydroxylation sites is 1. The minimum atomic E-state index is 0.526. The largest absolute Gasteiger partial charge is 0.353 e. The molecule has 92 valence electrons. The number of H-pyrrole nitrogens is 1. The normalized spacial score (nSPS) is 10.5. The summed E-state index contributed by atoms with van der Waals surface area (Å²) >= 11 is 0. The van der Waals surface area contributed by atoms with E-state index >= 15 is 0 Å². The first-order chi connectivity index (χ1) is 9.33. The van der Waals surface area contributed by atoms with Crippen LogP contribution in [0.1, 0.15) is 11.1 Å². The van der Waals surface area contributed by atoms with Gasteiger partial charge >= 0.3 is 0 Å². The van der Waals surface area contributed by atoms with Gasteiger partial charge in [0.2, 0.25) is 0 Å². The van der Waals surface area contributed by atoms with E-state index in [4.69, 9.17) is 5.73 Å². The Morgan fingerprint density at radius 1 is 1.05 bits per heavy atom. The van der Waals surface area contributed by atoms with Gasteiger partial charge < -0.3 is 10.7 Å². The molecule has 1 heterocycles. The second-order valence-electron chi connectivity index (χ2n) is 4.43. The maximum absolute atomic E-state index is 9.38. The highest BCUT2D eigenvalue weighted by Gasteiger charge is 2.12. The molecule has 0 saturated heterocycles. The van der Waals surface area contributed by atoms with Crippen molar-refractivity contribution in [1.29, 1.82) is 5.26 Å². The number of benzene rings is 2. The van der Waals surface area contributed by atoms with Crippen LogP contribution in [-0.4, -0.2) is 4.98 Å². The molecule has 0 spiro atoms. The summed E-state index contributed by atoms with van der Waals surface area (Å²) in [7, 11) is 0. The summed E-state index contributed by atoms with van der Waals surface area (Å²) in [5.74, 6) is 0. The number of hydrogen-bond acceptors (Lipinski definition) is 2. The van der Waals surface area contributed by atoms with Crippen LogP contribution >= 0.6 is 0 Å². The van der Waals surface area contributed by atoms with Crippen molar-refractivity contribution < 1.29 is 0 Å². The van der Waals surface area contributed by atoms with Crippen molar-refractivity contribution in [2.24, 2.45) is 5.73 Å². The third-order valence-electron chi connectivity index (χ3n) is 3.30. The molecule has 19 heavy (non-hydrogen) atoms. The Kier molecular flexibility index (Phi) is 2.79. The molecule has 3 aromatic rings. The van der Waals surface area contributed by atoms with Gasteiger partial charge in [0.15, 0.2) is 0 Å². The summed E-state index contributed by atoms with van der Waals surface area (Å²) in [5.41, 5.74) is 10.2. The Morgan fingerprint density at radius 3 is 2.47 bits per heavy atom. The van der Waals surface area contributed by atoms with E-state index in [0.717, 1.165) is 27.7 Å². The van der Waals surface area contributed by atoms with Crippen LogP contribution in [0.5, 0.6) is 0 Å². The molecule has 0 aliphatic rings. The van der Waals surface area contributed by atoms with Crippen molar-refractivity contribution in [3.05, 3.63) is 59.7 Å². The molecule has 0 bridgehead atoms. The topological polar surface area (TPSA) is 65.6 Å². The molecule has 0 saturated carbocycles. The standard InChI is InChI=1S/C16H13N3/c17-9-11-5-7-12(8-6-11)16-14(10-18)13-3-1-2-4-15(13)19-16/h1-8,19H,9,17H2. The number of hydrogen-bond donors (Lipinski definition) is 2. The van der Waals surface area contributed by atoms with E-state index < -0.39 is 0 Å².